The largest absolute Gasteiger partial charge is 0.466 e. The van der Waals surface area contributed by atoms with Gasteiger partial charge in [0.05, 0.1) is 26.4 Å². The fourth-order valence-electron chi connectivity index (χ4n) is 3.18. The first-order valence-electron chi connectivity index (χ1n) is 11.8. The standard InChI is InChI=1S/C24H46O5/c1-2-3-4-5-6-7-8-9-10-11-12-13-14-15-16-17-23(28)29-19-18-24(20-25,21-26)22-27/h9-10,25-27H,2-8,11-22H2,1H3/b10-9-. The van der Waals surface area contributed by atoms with Crippen LogP contribution < -0.4 is 0 Å². The first-order valence-corrected chi connectivity index (χ1v) is 11.8. The molecule has 0 heterocycles. The third kappa shape index (κ3) is 16.6. The lowest BCUT2D eigenvalue weighted by atomic mass is 9.88. The van der Waals surface area contributed by atoms with Gasteiger partial charge in [-0.05, 0) is 38.5 Å². The Morgan fingerprint density at radius 1 is 0.759 bits per heavy atom. The zero-order valence-electron chi connectivity index (χ0n) is 18.7. The van der Waals surface area contributed by atoms with Gasteiger partial charge in [-0.15, -0.1) is 0 Å². The number of hydrogen-bond donors (Lipinski definition) is 3. The molecule has 0 saturated heterocycles. The highest BCUT2D eigenvalue weighted by molar-refractivity contribution is 5.69. The Hall–Kier alpha value is -0.910. The van der Waals surface area contributed by atoms with Gasteiger partial charge in [0.2, 0.25) is 0 Å². The molecule has 0 aromatic carbocycles. The quantitative estimate of drug-likeness (QED) is 0.141. The van der Waals surface area contributed by atoms with Gasteiger partial charge in [-0.2, -0.15) is 0 Å². The molecule has 0 radical (unpaired) electrons. The van der Waals surface area contributed by atoms with Crippen LogP contribution in [-0.4, -0.2) is 47.7 Å². The molecule has 3 N–H and O–H groups in total. The fraction of sp³-hybridized carbons (Fsp3) is 0.875. The number of esters is 1. The molecular weight excluding hydrogens is 368 g/mol. The summed E-state index contributed by atoms with van der Waals surface area (Å²) in [6, 6.07) is 0. The molecule has 0 unspecified atom stereocenters. The number of ether oxygens (including phenoxy) is 1. The van der Waals surface area contributed by atoms with Crippen LogP contribution in [0.4, 0.5) is 0 Å². The highest BCUT2D eigenvalue weighted by Gasteiger charge is 2.28. The first kappa shape index (κ1) is 28.1. The van der Waals surface area contributed by atoms with Crippen molar-refractivity contribution in [3.63, 3.8) is 0 Å². The van der Waals surface area contributed by atoms with E-state index < -0.39 is 5.41 Å². The number of aliphatic hydroxyl groups is 3. The van der Waals surface area contributed by atoms with Gasteiger partial charge >= 0.3 is 5.97 Å². The molecule has 5 nitrogen and oxygen atoms in total. The Bertz CT molecular complexity index is 382. The second-order valence-electron chi connectivity index (χ2n) is 8.28. The molecule has 0 bridgehead atoms. The Labute approximate surface area is 178 Å². The molecule has 0 aliphatic rings. The summed E-state index contributed by atoms with van der Waals surface area (Å²) >= 11 is 0. The maximum absolute atomic E-state index is 11.7. The van der Waals surface area contributed by atoms with Crippen LogP contribution in [0.1, 0.15) is 103 Å². The van der Waals surface area contributed by atoms with E-state index in [-0.39, 0.29) is 38.8 Å². The summed E-state index contributed by atoms with van der Waals surface area (Å²) in [5.74, 6) is -0.245. The predicted octanol–water partition coefficient (Wildman–Crippen LogP) is 4.92. The van der Waals surface area contributed by atoms with Gasteiger partial charge in [0.1, 0.15) is 0 Å². The monoisotopic (exact) mass is 414 g/mol. The molecule has 0 aliphatic carbocycles. The van der Waals surface area contributed by atoms with E-state index in [1.165, 1.54) is 57.8 Å². The van der Waals surface area contributed by atoms with Gasteiger partial charge in [0.15, 0.2) is 0 Å². The minimum atomic E-state index is -0.969. The van der Waals surface area contributed by atoms with E-state index in [4.69, 9.17) is 4.74 Å². The van der Waals surface area contributed by atoms with Crippen molar-refractivity contribution >= 4 is 5.97 Å². The van der Waals surface area contributed by atoms with E-state index in [9.17, 15) is 20.1 Å². The number of carbonyl (C=O) groups is 1. The Kier molecular flexibility index (Phi) is 19.7. The highest BCUT2D eigenvalue weighted by atomic mass is 16.5. The summed E-state index contributed by atoms with van der Waals surface area (Å²) in [6.07, 6.45) is 21.2. The first-order chi connectivity index (χ1) is 14.1. The molecule has 0 aromatic heterocycles. The maximum Gasteiger partial charge on any atom is 0.305 e. The molecule has 0 saturated carbocycles. The van der Waals surface area contributed by atoms with Crippen LogP contribution in [0.2, 0.25) is 0 Å². The average Bonchev–Trinajstić information content (AvgIpc) is 2.74. The fourth-order valence-corrected chi connectivity index (χ4v) is 3.18. The number of aliphatic hydroxyl groups excluding tert-OH is 3. The molecule has 0 rings (SSSR count). The van der Waals surface area contributed by atoms with Gasteiger partial charge in [-0.25, -0.2) is 0 Å². The van der Waals surface area contributed by atoms with Crippen LogP contribution in [-0.2, 0) is 9.53 Å². The van der Waals surface area contributed by atoms with Crippen molar-refractivity contribution in [2.24, 2.45) is 5.41 Å². The Morgan fingerprint density at radius 3 is 1.76 bits per heavy atom. The van der Waals surface area contributed by atoms with Crippen molar-refractivity contribution in [2.75, 3.05) is 26.4 Å². The number of unbranched alkanes of at least 4 members (excludes halogenated alkanes) is 11. The minimum Gasteiger partial charge on any atom is -0.466 e. The molecular formula is C24H46O5. The van der Waals surface area contributed by atoms with Gasteiger partial charge in [-0.3, -0.25) is 4.79 Å². The van der Waals surface area contributed by atoms with Crippen molar-refractivity contribution in [3.05, 3.63) is 12.2 Å². The van der Waals surface area contributed by atoms with Crippen LogP contribution in [0.5, 0.6) is 0 Å². The predicted molar refractivity (Wildman–Crippen MR) is 119 cm³/mol. The van der Waals surface area contributed by atoms with Crippen LogP contribution in [0.15, 0.2) is 12.2 Å². The summed E-state index contributed by atoms with van der Waals surface area (Å²) < 4.78 is 5.14. The van der Waals surface area contributed by atoms with E-state index >= 15 is 0 Å². The molecule has 29 heavy (non-hydrogen) atoms. The lowest BCUT2D eigenvalue weighted by molar-refractivity contribution is -0.145. The summed E-state index contributed by atoms with van der Waals surface area (Å²) in [7, 11) is 0. The van der Waals surface area contributed by atoms with Gasteiger partial charge in [0, 0.05) is 11.8 Å². The summed E-state index contributed by atoms with van der Waals surface area (Å²) in [6.45, 7) is 1.39. The summed E-state index contributed by atoms with van der Waals surface area (Å²) in [4.78, 5) is 11.7. The van der Waals surface area contributed by atoms with Crippen LogP contribution in [0.25, 0.3) is 0 Å². The molecule has 0 fully saturated rings. The maximum atomic E-state index is 11.7. The van der Waals surface area contributed by atoms with Crippen molar-refractivity contribution in [1.29, 1.82) is 0 Å². The molecule has 0 amide bonds. The number of hydrogen-bond acceptors (Lipinski definition) is 5. The lowest BCUT2D eigenvalue weighted by Crippen LogP contribution is -2.35. The Balaban J connectivity index is 3.43. The van der Waals surface area contributed by atoms with E-state index in [1.807, 2.05) is 0 Å². The minimum absolute atomic E-state index is 0.117. The topological polar surface area (TPSA) is 87.0 Å². The van der Waals surface area contributed by atoms with Crippen LogP contribution in [0, 0.1) is 5.41 Å². The number of rotatable bonds is 21. The smallest absolute Gasteiger partial charge is 0.305 e. The van der Waals surface area contributed by atoms with Crippen molar-refractivity contribution in [2.45, 2.75) is 103 Å². The molecule has 5 heteroatoms. The van der Waals surface area contributed by atoms with Crippen molar-refractivity contribution in [1.82, 2.24) is 0 Å². The average molecular weight is 415 g/mol. The van der Waals surface area contributed by atoms with E-state index in [2.05, 4.69) is 19.1 Å². The Morgan fingerprint density at radius 2 is 1.24 bits per heavy atom. The van der Waals surface area contributed by atoms with Gasteiger partial charge in [-0.1, -0.05) is 70.4 Å². The molecule has 0 spiro atoms. The molecule has 0 atom stereocenters. The lowest BCUT2D eigenvalue weighted by Gasteiger charge is -2.26. The van der Waals surface area contributed by atoms with Gasteiger partial charge in [0.25, 0.3) is 0 Å². The summed E-state index contributed by atoms with van der Waals surface area (Å²) in [5.41, 5.74) is -0.969. The molecule has 0 aliphatic heterocycles. The zero-order valence-corrected chi connectivity index (χ0v) is 18.7. The van der Waals surface area contributed by atoms with E-state index in [1.54, 1.807) is 0 Å². The normalized spacial score (nSPS) is 12.0. The summed E-state index contributed by atoms with van der Waals surface area (Å²) in [5, 5.41) is 27.7. The van der Waals surface area contributed by atoms with Crippen LogP contribution in [0.3, 0.4) is 0 Å². The SMILES string of the molecule is CCCCCCCC/C=C\CCCCCCCC(=O)OCCC(CO)(CO)CO. The zero-order chi connectivity index (χ0) is 21.6. The van der Waals surface area contributed by atoms with E-state index in [0.717, 1.165) is 25.7 Å². The third-order valence-electron chi connectivity index (χ3n) is 5.54. The van der Waals surface area contributed by atoms with Crippen LogP contribution >= 0.6 is 0 Å². The number of allylic oxidation sites excluding steroid dienone is 2. The second-order valence-corrected chi connectivity index (χ2v) is 8.28. The second kappa shape index (κ2) is 20.4. The molecule has 0 aromatic rings. The molecule has 172 valence electrons. The van der Waals surface area contributed by atoms with E-state index in [0.29, 0.717) is 6.42 Å². The third-order valence-corrected chi connectivity index (χ3v) is 5.54. The van der Waals surface area contributed by atoms with Gasteiger partial charge < -0.3 is 20.1 Å². The highest BCUT2D eigenvalue weighted by Crippen LogP contribution is 2.20. The van der Waals surface area contributed by atoms with Crippen molar-refractivity contribution < 1.29 is 24.9 Å². The number of carbonyl (C=O) groups excluding carboxylic acids is 1. The van der Waals surface area contributed by atoms with Crippen molar-refractivity contribution in [3.8, 4) is 0 Å².